The van der Waals surface area contributed by atoms with Gasteiger partial charge in [0.2, 0.25) is 5.13 Å². The first kappa shape index (κ1) is 15.0. The second-order valence-electron chi connectivity index (χ2n) is 4.44. The van der Waals surface area contributed by atoms with Gasteiger partial charge >= 0.3 is 0 Å². The van der Waals surface area contributed by atoms with Crippen LogP contribution in [-0.4, -0.2) is 11.2 Å². The Labute approximate surface area is 142 Å². The van der Waals surface area contributed by atoms with Gasteiger partial charge in [-0.2, -0.15) is 5.10 Å². The molecule has 3 nitrogen and oxygen atoms in total. The minimum absolute atomic E-state index is 0.661. The number of benzene rings is 2. The van der Waals surface area contributed by atoms with Gasteiger partial charge in [0, 0.05) is 26.6 Å². The van der Waals surface area contributed by atoms with E-state index in [9.17, 15) is 0 Å². The molecule has 0 fully saturated rings. The Morgan fingerprint density at radius 2 is 1.82 bits per heavy atom. The lowest BCUT2D eigenvalue weighted by Gasteiger charge is -1.97. The van der Waals surface area contributed by atoms with Gasteiger partial charge in [0.15, 0.2) is 0 Å². The smallest absolute Gasteiger partial charge is 0.203 e. The van der Waals surface area contributed by atoms with E-state index in [0.717, 1.165) is 16.8 Å². The van der Waals surface area contributed by atoms with Gasteiger partial charge in [0.05, 0.1) is 11.9 Å². The van der Waals surface area contributed by atoms with E-state index < -0.39 is 0 Å². The molecule has 0 aliphatic carbocycles. The zero-order chi connectivity index (χ0) is 15.4. The highest BCUT2D eigenvalue weighted by molar-refractivity contribution is 7.14. The minimum atomic E-state index is 0.661. The van der Waals surface area contributed by atoms with Crippen molar-refractivity contribution in [2.24, 2.45) is 5.10 Å². The number of anilines is 1. The van der Waals surface area contributed by atoms with Crippen molar-refractivity contribution in [3.05, 3.63) is 69.5 Å². The van der Waals surface area contributed by atoms with Crippen LogP contribution in [0.3, 0.4) is 0 Å². The van der Waals surface area contributed by atoms with E-state index in [1.165, 1.54) is 11.3 Å². The first-order valence-corrected chi connectivity index (χ1v) is 8.11. The molecule has 22 heavy (non-hydrogen) atoms. The van der Waals surface area contributed by atoms with Crippen molar-refractivity contribution in [1.29, 1.82) is 0 Å². The summed E-state index contributed by atoms with van der Waals surface area (Å²) >= 11 is 13.4. The predicted molar refractivity (Wildman–Crippen MR) is 95.2 cm³/mol. The average molecular weight is 348 g/mol. The fraction of sp³-hybridized carbons (Fsp3) is 0. The van der Waals surface area contributed by atoms with Crippen molar-refractivity contribution in [3.63, 3.8) is 0 Å². The van der Waals surface area contributed by atoms with Crippen LogP contribution < -0.4 is 5.43 Å². The molecule has 0 bridgehead atoms. The van der Waals surface area contributed by atoms with E-state index in [2.05, 4.69) is 15.5 Å². The number of aromatic nitrogens is 1. The molecule has 0 aliphatic heterocycles. The van der Waals surface area contributed by atoms with Crippen molar-refractivity contribution >= 4 is 45.9 Å². The van der Waals surface area contributed by atoms with Gasteiger partial charge in [-0.1, -0.05) is 53.5 Å². The molecule has 3 rings (SSSR count). The number of hydrogen-bond donors (Lipinski definition) is 1. The summed E-state index contributed by atoms with van der Waals surface area (Å²) < 4.78 is 0. The van der Waals surface area contributed by atoms with Gasteiger partial charge in [-0.15, -0.1) is 11.3 Å². The largest absolute Gasteiger partial charge is 0.253 e. The van der Waals surface area contributed by atoms with E-state index in [-0.39, 0.29) is 0 Å². The van der Waals surface area contributed by atoms with Crippen LogP contribution in [0.4, 0.5) is 5.13 Å². The lowest BCUT2D eigenvalue weighted by Crippen LogP contribution is -1.90. The third-order valence-electron chi connectivity index (χ3n) is 2.91. The molecule has 0 aliphatic rings. The summed E-state index contributed by atoms with van der Waals surface area (Å²) in [5.74, 6) is 0. The maximum absolute atomic E-state index is 6.06. The Morgan fingerprint density at radius 1 is 1.05 bits per heavy atom. The molecule has 2 aromatic carbocycles. The van der Waals surface area contributed by atoms with Crippen molar-refractivity contribution in [2.45, 2.75) is 0 Å². The average Bonchev–Trinajstić information content (AvgIpc) is 2.99. The molecule has 3 aromatic rings. The van der Waals surface area contributed by atoms with E-state index in [1.54, 1.807) is 6.21 Å². The molecule has 1 heterocycles. The van der Waals surface area contributed by atoms with Crippen LogP contribution >= 0.6 is 34.5 Å². The standard InChI is InChI=1S/C16H11Cl2N3S/c17-13-7-5-11(6-8-13)15-10-22-16(20-15)21-19-9-12-3-1-2-4-14(12)18/h1-10H,(H,20,21). The number of hydrogen-bond acceptors (Lipinski definition) is 4. The van der Waals surface area contributed by atoms with Crippen LogP contribution in [0.25, 0.3) is 11.3 Å². The molecule has 0 saturated carbocycles. The third kappa shape index (κ3) is 3.65. The van der Waals surface area contributed by atoms with Gasteiger partial charge in [-0.3, -0.25) is 5.43 Å². The molecular formula is C16H11Cl2N3S. The second-order valence-corrected chi connectivity index (χ2v) is 6.14. The Hall–Kier alpha value is -1.88. The van der Waals surface area contributed by atoms with Crippen LogP contribution in [0, 0.1) is 0 Å². The highest BCUT2D eigenvalue weighted by atomic mass is 35.5. The summed E-state index contributed by atoms with van der Waals surface area (Å²) in [6.07, 6.45) is 1.67. The lowest BCUT2D eigenvalue weighted by atomic mass is 10.2. The molecule has 1 aromatic heterocycles. The molecule has 6 heteroatoms. The maximum atomic E-state index is 6.06. The Morgan fingerprint density at radius 3 is 2.59 bits per heavy atom. The van der Waals surface area contributed by atoms with Crippen LogP contribution in [-0.2, 0) is 0 Å². The van der Waals surface area contributed by atoms with Crippen LogP contribution in [0.2, 0.25) is 10.0 Å². The summed E-state index contributed by atoms with van der Waals surface area (Å²) in [4.78, 5) is 4.48. The number of hydrazone groups is 1. The zero-order valence-corrected chi connectivity index (χ0v) is 13.7. The lowest BCUT2D eigenvalue weighted by molar-refractivity contribution is 1.29. The molecule has 0 saturated heterocycles. The van der Waals surface area contributed by atoms with Gasteiger partial charge in [-0.05, 0) is 18.2 Å². The second kappa shape index (κ2) is 6.92. The Bertz CT molecular complexity index is 797. The fourth-order valence-corrected chi connectivity index (χ4v) is 2.79. The number of thiazole rings is 1. The summed E-state index contributed by atoms with van der Waals surface area (Å²) in [6, 6.07) is 15.1. The Kier molecular flexibility index (Phi) is 4.73. The quantitative estimate of drug-likeness (QED) is 0.495. The van der Waals surface area contributed by atoms with Crippen molar-refractivity contribution in [3.8, 4) is 11.3 Å². The molecule has 0 unspecified atom stereocenters. The summed E-state index contributed by atoms with van der Waals surface area (Å²) in [5, 5.41) is 8.22. The van der Waals surface area contributed by atoms with E-state index in [4.69, 9.17) is 23.2 Å². The van der Waals surface area contributed by atoms with Gasteiger partial charge < -0.3 is 0 Å². The SMILES string of the molecule is Clc1ccc(-c2csc(NN=Cc3ccccc3Cl)n2)cc1. The summed E-state index contributed by atoms with van der Waals surface area (Å²) in [7, 11) is 0. The molecule has 0 atom stereocenters. The molecule has 110 valence electrons. The van der Waals surface area contributed by atoms with Crippen molar-refractivity contribution in [1.82, 2.24) is 4.98 Å². The van der Waals surface area contributed by atoms with Crippen LogP contribution in [0.5, 0.6) is 0 Å². The number of nitrogens with one attached hydrogen (secondary N) is 1. The van der Waals surface area contributed by atoms with E-state index in [1.807, 2.05) is 53.9 Å². The first-order chi connectivity index (χ1) is 10.7. The molecule has 0 amide bonds. The summed E-state index contributed by atoms with van der Waals surface area (Å²) in [5.41, 5.74) is 5.67. The topological polar surface area (TPSA) is 37.3 Å². The van der Waals surface area contributed by atoms with Crippen molar-refractivity contribution in [2.75, 3.05) is 5.43 Å². The van der Waals surface area contributed by atoms with Gasteiger partial charge in [-0.25, -0.2) is 4.98 Å². The molecule has 0 radical (unpaired) electrons. The maximum Gasteiger partial charge on any atom is 0.203 e. The van der Waals surface area contributed by atoms with Crippen LogP contribution in [0.1, 0.15) is 5.56 Å². The predicted octanol–water partition coefficient (Wildman–Crippen LogP) is 5.56. The number of nitrogens with zero attached hydrogens (tertiary/aromatic N) is 2. The molecule has 0 spiro atoms. The molecule has 1 N–H and O–H groups in total. The third-order valence-corrected chi connectivity index (χ3v) is 4.26. The van der Waals surface area contributed by atoms with Gasteiger partial charge in [0.1, 0.15) is 0 Å². The van der Waals surface area contributed by atoms with E-state index in [0.29, 0.717) is 15.2 Å². The van der Waals surface area contributed by atoms with Crippen molar-refractivity contribution < 1.29 is 0 Å². The zero-order valence-electron chi connectivity index (χ0n) is 11.3. The molecular weight excluding hydrogens is 337 g/mol. The summed E-state index contributed by atoms with van der Waals surface area (Å²) in [6.45, 7) is 0. The minimum Gasteiger partial charge on any atom is -0.253 e. The fourth-order valence-electron chi connectivity index (χ4n) is 1.82. The normalized spacial score (nSPS) is 11.0. The monoisotopic (exact) mass is 347 g/mol. The highest BCUT2D eigenvalue weighted by Gasteiger charge is 2.03. The van der Waals surface area contributed by atoms with Gasteiger partial charge in [0.25, 0.3) is 0 Å². The Balaban J connectivity index is 1.70. The first-order valence-electron chi connectivity index (χ1n) is 6.47. The van der Waals surface area contributed by atoms with Crippen LogP contribution in [0.15, 0.2) is 59.0 Å². The number of rotatable bonds is 4. The van der Waals surface area contributed by atoms with E-state index >= 15 is 0 Å². The highest BCUT2D eigenvalue weighted by Crippen LogP contribution is 2.26. The number of halogens is 2.